The minimum Gasteiger partial charge on any atom is -0.481 e. The quantitative estimate of drug-likeness (QED) is 0.592. The largest absolute Gasteiger partial charge is 0.481 e. The fourth-order valence-corrected chi connectivity index (χ4v) is 1.84. The Morgan fingerprint density at radius 3 is 2.80 bits per heavy atom. The lowest BCUT2D eigenvalue weighted by molar-refractivity contribution is -0.140. The van der Waals surface area contributed by atoms with E-state index < -0.39 is 11.9 Å². The van der Waals surface area contributed by atoms with Gasteiger partial charge in [0.2, 0.25) is 0 Å². The molecule has 2 atom stereocenters. The van der Waals surface area contributed by atoms with Crippen LogP contribution in [0.4, 0.5) is 0 Å². The number of nitrogens with zero attached hydrogens (tertiary/aromatic N) is 1. The number of aromatic amines is 1. The molecule has 0 radical (unpaired) electrons. The number of carboxylic acid groups (broad SMARTS) is 1. The molecule has 2 unspecified atom stereocenters. The van der Waals surface area contributed by atoms with E-state index in [4.69, 9.17) is 5.11 Å². The summed E-state index contributed by atoms with van der Waals surface area (Å²) in [5.74, 6) is -1.34. The topological polar surface area (TPSA) is 83.0 Å². The lowest BCUT2D eigenvalue weighted by Gasteiger charge is -2.13. The number of H-pyrrole nitrogens is 1. The van der Waals surface area contributed by atoms with Crippen molar-refractivity contribution in [3.05, 3.63) is 22.6 Å². The maximum Gasteiger partial charge on any atom is 0.307 e. The number of aromatic nitrogens is 2. The molecule has 0 spiro atoms. The first-order valence-corrected chi connectivity index (χ1v) is 5.33. The Bertz CT molecular complexity index is 404. The van der Waals surface area contributed by atoms with E-state index in [2.05, 4.69) is 9.97 Å². The standard InChI is InChI=1S/C9H12N2O3S/c1-5(8(13)14)6(2)15-9-10-4-3-7(12)11-9/h3-6H,1-2H3,(H,13,14)(H,10,11,12). The number of carboxylic acids is 1. The summed E-state index contributed by atoms with van der Waals surface area (Å²) in [5, 5.41) is 9.08. The van der Waals surface area contributed by atoms with Gasteiger partial charge < -0.3 is 10.1 Å². The highest BCUT2D eigenvalue weighted by atomic mass is 32.2. The predicted molar refractivity (Wildman–Crippen MR) is 57.0 cm³/mol. The van der Waals surface area contributed by atoms with Gasteiger partial charge in [0.25, 0.3) is 5.56 Å². The number of aliphatic carboxylic acids is 1. The Kier molecular flexibility index (Phi) is 3.90. The molecule has 0 aliphatic heterocycles. The summed E-state index contributed by atoms with van der Waals surface area (Å²) in [6.45, 7) is 3.41. The van der Waals surface area contributed by atoms with Crippen LogP contribution in [0.1, 0.15) is 13.8 Å². The van der Waals surface area contributed by atoms with Crippen molar-refractivity contribution in [1.82, 2.24) is 9.97 Å². The molecule has 0 aromatic carbocycles. The summed E-state index contributed by atoms with van der Waals surface area (Å²) in [5.41, 5.74) is -0.234. The van der Waals surface area contributed by atoms with Gasteiger partial charge in [0, 0.05) is 17.5 Å². The molecule has 0 aliphatic rings. The molecular formula is C9H12N2O3S. The van der Waals surface area contributed by atoms with E-state index in [9.17, 15) is 9.59 Å². The van der Waals surface area contributed by atoms with Crippen LogP contribution < -0.4 is 5.56 Å². The van der Waals surface area contributed by atoms with Crippen molar-refractivity contribution in [3.63, 3.8) is 0 Å². The molecule has 0 saturated carbocycles. The third-order valence-corrected chi connectivity index (χ3v) is 3.25. The summed E-state index contributed by atoms with van der Waals surface area (Å²) in [6.07, 6.45) is 1.40. The number of rotatable bonds is 4. The average molecular weight is 228 g/mol. The Morgan fingerprint density at radius 1 is 1.60 bits per heavy atom. The van der Waals surface area contributed by atoms with Gasteiger partial charge in [0.15, 0.2) is 5.16 Å². The van der Waals surface area contributed by atoms with Crippen LogP contribution in [0.2, 0.25) is 0 Å². The molecule has 0 amide bonds. The smallest absolute Gasteiger partial charge is 0.307 e. The molecule has 2 N–H and O–H groups in total. The molecule has 1 aromatic heterocycles. The van der Waals surface area contributed by atoms with Gasteiger partial charge >= 0.3 is 5.97 Å². The zero-order valence-corrected chi connectivity index (χ0v) is 9.25. The van der Waals surface area contributed by atoms with Gasteiger partial charge in [-0.1, -0.05) is 25.6 Å². The highest BCUT2D eigenvalue weighted by Crippen LogP contribution is 2.24. The lowest BCUT2D eigenvalue weighted by Crippen LogP contribution is -2.20. The first kappa shape index (κ1) is 11.8. The van der Waals surface area contributed by atoms with E-state index in [-0.39, 0.29) is 10.8 Å². The molecule has 0 saturated heterocycles. The number of thioether (sulfide) groups is 1. The predicted octanol–water partition coefficient (Wildman–Crippen LogP) is 0.971. The second-order valence-electron chi connectivity index (χ2n) is 3.19. The minimum atomic E-state index is -0.853. The van der Waals surface area contributed by atoms with Crippen molar-refractivity contribution in [2.45, 2.75) is 24.3 Å². The molecular weight excluding hydrogens is 216 g/mol. The average Bonchev–Trinajstić information content (AvgIpc) is 2.16. The third kappa shape index (κ3) is 3.39. The summed E-state index contributed by atoms with van der Waals surface area (Å²) < 4.78 is 0. The SMILES string of the molecule is CC(Sc1nccc(=O)[nH]1)C(C)C(=O)O. The van der Waals surface area contributed by atoms with Crippen molar-refractivity contribution in [1.29, 1.82) is 0 Å². The van der Waals surface area contributed by atoms with Gasteiger partial charge in [0.1, 0.15) is 0 Å². The van der Waals surface area contributed by atoms with Crippen molar-refractivity contribution in [3.8, 4) is 0 Å². The van der Waals surface area contributed by atoms with Crippen LogP contribution >= 0.6 is 11.8 Å². The van der Waals surface area contributed by atoms with Gasteiger partial charge in [-0.3, -0.25) is 9.59 Å². The number of hydrogen-bond acceptors (Lipinski definition) is 4. The first-order chi connectivity index (χ1) is 7.00. The van der Waals surface area contributed by atoms with Crippen LogP contribution in [0.25, 0.3) is 0 Å². The van der Waals surface area contributed by atoms with Crippen LogP contribution in [-0.2, 0) is 4.79 Å². The molecule has 1 aromatic rings. The molecule has 0 fully saturated rings. The second-order valence-corrected chi connectivity index (χ2v) is 4.56. The number of nitrogens with one attached hydrogen (secondary N) is 1. The fraction of sp³-hybridized carbons (Fsp3) is 0.444. The van der Waals surface area contributed by atoms with Gasteiger partial charge in [-0.2, -0.15) is 0 Å². The van der Waals surface area contributed by atoms with E-state index in [0.717, 1.165) is 0 Å². The zero-order chi connectivity index (χ0) is 11.4. The molecule has 5 nitrogen and oxygen atoms in total. The second kappa shape index (κ2) is 4.97. The van der Waals surface area contributed by atoms with E-state index >= 15 is 0 Å². The van der Waals surface area contributed by atoms with Gasteiger partial charge in [0.05, 0.1) is 5.92 Å². The zero-order valence-electron chi connectivity index (χ0n) is 8.43. The van der Waals surface area contributed by atoms with E-state index in [1.165, 1.54) is 24.0 Å². The van der Waals surface area contributed by atoms with Crippen LogP contribution in [0.15, 0.2) is 22.2 Å². The Morgan fingerprint density at radius 2 is 2.27 bits per heavy atom. The highest BCUT2D eigenvalue weighted by molar-refractivity contribution is 7.99. The molecule has 1 heterocycles. The first-order valence-electron chi connectivity index (χ1n) is 4.45. The van der Waals surface area contributed by atoms with Crippen LogP contribution in [0, 0.1) is 5.92 Å². The van der Waals surface area contributed by atoms with Gasteiger partial charge in [-0.15, -0.1) is 0 Å². The molecule has 0 bridgehead atoms. The molecule has 1 rings (SSSR count). The minimum absolute atomic E-state index is 0.145. The summed E-state index contributed by atoms with van der Waals surface area (Å²) in [6, 6.07) is 1.31. The Hall–Kier alpha value is -1.30. The molecule has 0 aliphatic carbocycles. The monoisotopic (exact) mass is 228 g/mol. The van der Waals surface area contributed by atoms with Gasteiger partial charge in [-0.25, -0.2) is 4.98 Å². The highest BCUT2D eigenvalue weighted by Gasteiger charge is 2.20. The van der Waals surface area contributed by atoms with E-state index in [1.807, 2.05) is 0 Å². The summed E-state index contributed by atoms with van der Waals surface area (Å²) in [7, 11) is 0. The Labute approximate surface area is 90.9 Å². The lowest BCUT2D eigenvalue weighted by atomic mass is 10.1. The third-order valence-electron chi connectivity index (χ3n) is 2.04. The van der Waals surface area contributed by atoms with Crippen molar-refractivity contribution >= 4 is 17.7 Å². The number of hydrogen-bond donors (Lipinski definition) is 2. The maximum absolute atomic E-state index is 11.0. The van der Waals surface area contributed by atoms with Crippen molar-refractivity contribution in [2.75, 3.05) is 0 Å². The normalized spacial score (nSPS) is 14.5. The van der Waals surface area contributed by atoms with E-state index in [0.29, 0.717) is 5.16 Å². The fourth-order valence-electron chi connectivity index (χ4n) is 0.891. The molecule has 15 heavy (non-hydrogen) atoms. The Balaban J connectivity index is 2.70. The maximum atomic E-state index is 11.0. The summed E-state index contributed by atoms with van der Waals surface area (Å²) >= 11 is 1.25. The number of carbonyl (C=O) groups is 1. The summed E-state index contributed by atoms with van der Waals surface area (Å²) in [4.78, 5) is 28.1. The van der Waals surface area contributed by atoms with Crippen LogP contribution in [-0.4, -0.2) is 26.3 Å². The molecule has 82 valence electrons. The van der Waals surface area contributed by atoms with Gasteiger partial charge in [-0.05, 0) is 0 Å². The van der Waals surface area contributed by atoms with Crippen LogP contribution in [0.5, 0.6) is 0 Å². The molecule has 6 heteroatoms. The van der Waals surface area contributed by atoms with E-state index in [1.54, 1.807) is 13.8 Å². The van der Waals surface area contributed by atoms with Crippen molar-refractivity contribution in [2.24, 2.45) is 5.92 Å². The van der Waals surface area contributed by atoms with Crippen LogP contribution in [0.3, 0.4) is 0 Å². The van der Waals surface area contributed by atoms with Crippen molar-refractivity contribution < 1.29 is 9.90 Å².